The first-order valence-corrected chi connectivity index (χ1v) is 5.66. The Balaban J connectivity index is 2.59. The predicted molar refractivity (Wildman–Crippen MR) is 64.5 cm³/mol. The maximum atomic E-state index is 11.4. The Morgan fingerprint density at radius 2 is 2.00 bits per heavy atom. The van der Waals surface area contributed by atoms with E-state index >= 15 is 0 Å². The largest absolute Gasteiger partial charge is 0.461 e. The molecule has 96 valence electrons. The number of nitrogens with zero attached hydrogens (tertiary/aromatic N) is 4. The highest BCUT2D eigenvalue weighted by molar-refractivity contribution is 5.00. The third kappa shape index (κ3) is 3.42. The number of hydrogen-bond acceptors (Lipinski definition) is 6. The first-order valence-electron chi connectivity index (χ1n) is 5.66. The van der Waals surface area contributed by atoms with Crippen LogP contribution in [-0.4, -0.2) is 46.0 Å². The minimum Gasteiger partial charge on any atom is -0.461 e. The Hall–Kier alpha value is -1.63. The third-order valence-electron chi connectivity index (χ3n) is 2.55. The van der Waals surface area contributed by atoms with Crippen molar-refractivity contribution in [3.05, 3.63) is 16.0 Å². The van der Waals surface area contributed by atoms with Crippen molar-refractivity contribution in [2.24, 2.45) is 0 Å². The minimum atomic E-state index is -0.391. The van der Waals surface area contributed by atoms with Crippen LogP contribution in [0.1, 0.15) is 19.5 Å². The summed E-state index contributed by atoms with van der Waals surface area (Å²) in [4.78, 5) is 13.6. The van der Waals surface area contributed by atoms with Crippen LogP contribution in [0.5, 0.6) is 6.01 Å². The van der Waals surface area contributed by atoms with Gasteiger partial charge in [-0.3, -0.25) is 4.79 Å². The third-order valence-corrected chi connectivity index (χ3v) is 2.55. The molecule has 7 heteroatoms. The second-order valence-electron chi connectivity index (χ2n) is 3.62. The zero-order valence-electron chi connectivity index (χ0n) is 10.5. The molecule has 0 aromatic carbocycles. The van der Waals surface area contributed by atoms with Gasteiger partial charge in [0.2, 0.25) is 0 Å². The van der Waals surface area contributed by atoms with Crippen molar-refractivity contribution in [2.45, 2.75) is 20.8 Å². The van der Waals surface area contributed by atoms with Gasteiger partial charge in [0.25, 0.3) is 5.56 Å². The van der Waals surface area contributed by atoms with Crippen molar-refractivity contribution in [1.82, 2.24) is 19.8 Å². The lowest BCUT2D eigenvalue weighted by molar-refractivity contribution is 0.205. The van der Waals surface area contributed by atoms with Crippen LogP contribution >= 0.6 is 0 Å². The maximum absolute atomic E-state index is 11.4. The second-order valence-corrected chi connectivity index (χ2v) is 3.62. The van der Waals surface area contributed by atoms with Gasteiger partial charge in [0.05, 0.1) is 0 Å². The molecule has 0 saturated carbocycles. The van der Waals surface area contributed by atoms with Crippen LogP contribution in [0.15, 0.2) is 4.79 Å². The Morgan fingerprint density at radius 1 is 1.35 bits per heavy atom. The van der Waals surface area contributed by atoms with Crippen molar-refractivity contribution in [2.75, 3.05) is 32.1 Å². The van der Waals surface area contributed by atoms with Crippen LogP contribution in [0.3, 0.4) is 0 Å². The van der Waals surface area contributed by atoms with Gasteiger partial charge < -0.3 is 15.5 Å². The zero-order valence-corrected chi connectivity index (χ0v) is 10.5. The van der Waals surface area contributed by atoms with Crippen molar-refractivity contribution in [3.8, 4) is 6.01 Å². The fourth-order valence-corrected chi connectivity index (χ4v) is 1.37. The monoisotopic (exact) mass is 241 g/mol. The highest BCUT2D eigenvalue weighted by Gasteiger charge is 2.08. The highest BCUT2D eigenvalue weighted by atomic mass is 16.5. The summed E-state index contributed by atoms with van der Waals surface area (Å²) in [7, 11) is 0. The molecule has 2 N–H and O–H groups in total. The molecule has 0 unspecified atom stereocenters. The van der Waals surface area contributed by atoms with Gasteiger partial charge in [0, 0.05) is 6.54 Å². The Bertz CT molecular complexity index is 414. The van der Waals surface area contributed by atoms with E-state index in [2.05, 4.69) is 28.9 Å². The van der Waals surface area contributed by atoms with E-state index in [1.165, 1.54) is 0 Å². The molecule has 1 heterocycles. The smallest absolute Gasteiger partial charge is 0.337 e. The van der Waals surface area contributed by atoms with E-state index in [1.54, 1.807) is 6.92 Å². The number of nitrogen functional groups attached to an aromatic ring is 1. The average molecular weight is 241 g/mol. The molecule has 0 radical (unpaired) electrons. The van der Waals surface area contributed by atoms with E-state index < -0.39 is 5.56 Å². The number of aryl methyl sites for hydroxylation is 1. The molecule has 0 spiro atoms. The zero-order chi connectivity index (χ0) is 12.8. The van der Waals surface area contributed by atoms with E-state index in [4.69, 9.17) is 10.6 Å². The van der Waals surface area contributed by atoms with Gasteiger partial charge in [0.15, 0.2) is 0 Å². The van der Waals surface area contributed by atoms with Crippen molar-refractivity contribution in [3.63, 3.8) is 0 Å². The number of nitrogens with two attached hydrogens (primary N) is 1. The summed E-state index contributed by atoms with van der Waals surface area (Å²) in [5.74, 6) is 5.53. The molecule has 0 aliphatic heterocycles. The topological polar surface area (TPSA) is 86.3 Å². The fourth-order valence-electron chi connectivity index (χ4n) is 1.37. The van der Waals surface area contributed by atoms with Crippen LogP contribution in [0, 0.1) is 6.92 Å². The molecule has 0 bridgehead atoms. The van der Waals surface area contributed by atoms with Crippen molar-refractivity contribution >= 4 is 0 Å². The van der Waals surface area contributed by atoms with E-state index in [0.29, 0.717) is 6.61 Å². The lowest BCUT2D eigenvalue weighted by Gasteiger charge is -2.17. The summed E-state index contributed by atoms with van der Waals surface area (Å²) >= 11 is 0. The van der Waals surface area contributed by atoms with Crippen molar-refractivity contribution in [1.29, 1.82) is 0 Å². The summed E-state index contributed by atoms with van der Waals surface area (Å²) in [6.45, 7) is 8.80. The molecule has 0 aliphatic carbocycles. The van der Waals surface area contributed by atoms with Crippen molar-refractivity contribution < 1.29 is 4.74 Å². The normalized spacial score (nSPS) is 10.8. The van der Waals surface area contributed by atoms with Gasteiger partial charge in [-0.2, -0.15) is 4.68 Å². The lowest BCUT2D eigenvalue weighted by atomic mass is 10.5. The van der Waals surface area contributed by atoms with Crippen LogP contribution in [0.4, 0.5) is 0 Å². The quantitative estimate of drug-likeness (QED) is 0.668. The minimum absolute atomic E-state index is 0.0488. The standard InChI is InChI=1S/C10H19N5O2/c1-4-14(5-2)6-7-17-10-13-12-8(3)9(16)15(10)11/h4-7,11H2,1-3H3. The first-order chi connectivity index (χ1) is 8.10. The number of ether oxygens (including phenoxy) is 1. The summed E-state index contributed by atoms with van der Waals surface area (Å²) in [5, 5.41) is 7.41. The van der Waals surface area contributed by atoms with Gasteiger partial charge in [0.1, 0.15) is 12.3 Å². The Kier molecular flexibility index (Phi) is 4.89. The first kappa shape index (κ1) is 13.4. The molecule has 1 aromatic rings. The fraction of sp³-hybridized carbons (Fsp3) is 0.700. The molecule has 0 saturated heterocycles. The molecule has 1 aromatic heterocycles. The predicted octanol–water partition coefficient (Wildman–Crippen LogP) is -0.619. The van der Waals surface area contributed by atoms with Crippen LogP contribution in [0.25, 0.3) is 0 Å². The number of hydrogen-bond donors (Lipinski definition) is 1. The van der Waals surface area contributed by atoms with Gasteiger partial charge in [-0.05, 0) is 20.0 Å². The Morgan fingerprint density at radius 3 is 2.59 bits per heavy atom. The second kappa shape index (κ2) is 6.19. The molecule has 0 amide bonds. The van der Waals surface area contributed by atoms with E-state index in [9.17, 15) is 4.79 Å². The summed E-state index contributed by atoms with van der Waals surface area (Å²) in [6, 6.07) is 0.0488. The van der Waals surface area contributed by atoms with Gasteiger partial charge in [-0.1, -0.05) is 18.9 Å². The highest BCUT2D eigenvalue weighted by Crippen LogP contribution is 1.98. The van der Waals surface area contributed by atoms with Crippen LogP contribution < -0.4 is 16.1 Å². The number of aromatic nitrogens is 3. The number of likely N-dealkylation sites (N-methyl/N-ethyl adjacent to an activating group) is 1. The summed E-state index contributed by atoms with van der Waals surface area (Å²) in [6.07, 6.45) is 0. The van der Waals surface area contributed by atoms with Crippen LogP contribution in [0.2, 0.25) is 0 Å². The van der Waals surface area contributed by atoms with E-state index in [1.807, 2.05) is 0 Å². The van der Waals surface area contributed by atoms with Gasteiger partial charge in [-0.25, -0.2) is 0 Å². The van der Waals surface area contributed by atoms with E-state index in [0.717, 1.165) is 24.3 Å². The lowest BCUT2D eigenvalue weighted by Crippen LogP contribution is -2.34. The van der Waals surface area contributed by atoms with Crippen LogP contribution in [-0.2, 0) is 0 Å². The molecule has 0 fully saturated rings. The van der Waals surface area contributed by atoms with E-state index in [-0.39, 0.29) is 11.7 Å². The SMILES string of the molecule is CCN(CC)CCOc1nnc(C)c(=O)n1N. The average Bonchev–Trinajstić information content (AvgIpc) is 2.34. The molecule has 0 aliphatic rings. The number of rotatable bonds is 6. The Labute approximate surface area is 100 Å². The molecule has 7 nitrogen and oxygen atoms in total. The molecular weight excluding hydrogens is 222 g/mol. The molecule has 0 atom stereocenters. The molecular formula is C10H19N5O2. The van der Waals surface area contributed by atoms with Gasteiger partial charge in [-0.15, -0.1) is 5.10 Å². The maximum Gasteiger partial charge on any atom is 0.337 e. The van der Waals surface area contributed by atoms with Gasteiger partial charge >= 0.3 is 6.01 Å². The summed E-state index contributed by atoms with van der Waals surface area (Å²) < 4.78 is 6.21. The summed E-state index contributed by atoms with van der Waals surface area (Å²) in [5.41, 5.74) is -0.138. The molecule has 1 rings (SSSR count). The molecule has 17 heavy (non-hydrogen) atoms.